The second kappa shape index (κ2) is 8.72. The lowest BCUT2D eigenvalue weighted by Crippen LogP contribution is -2.42. The van der Waals surface area contributed by atoms with Gasteiger partial charge in [-0.15, -0.1) is 11.3 Å². The quantitative estimate of drug-likeness (QED) is 0.427. The van der Waals surface area contributed by atoms with Crippen LogP contribution in [0.4, 0.5) is 5.69 Å². The van der Waals surface area contributed by atoms with Crippen LogP contribution in [-0.4, -0.2) is 28.8 Å². The first-order chi connectivity index (χ1) is 15.3. The highest BCUT2D eigenvalue weighted by Crippen LogP contribution is 2.32. The smallest absolute Gasteiger partial charge is 0.439 e. The number of amides is 1. The van der Waals surface area contributed by atoms with Gasteiger partial charge in [-0.25, -0.2) is 4.79 Å². The summed E-state index contributed by atoms with van der Waals surface area (Å²) in [4.78, 5) is 27.4. The van der Waals surface area contributed by atoms with E-state index in [2.05, 4.69) is 20.0 Å². The number of nitrogens with one attached hydrogen (secondary N) is 2. The number of H-pyrrole nitrogens is 1. The van der Waals surface area contributed by atoms with Crippen LogP contribution in [0.5, 0.6) is 11.5 Å². The number of anilines is 1. The van der Waals surface area contributed by atoms with Crippen molar-refractivity contribution in [2.45, 2.75) is 19.4 Å². The number of ether oxygens (including phenoxy) is 2. The first-order valence-electron chi connectivity index (χ1n) is 9.74. The number of carbonyl (C=O) groups is 1. The van der Waals surface area contributed by atoms with Gasteiger partial charge in [-0.3, -0.25) is 14.3 Å². The third-order valence-electron chi connectivity index (χ3n) is 4.71. The maximum Gasteiger partial charge on any atom is 0.439 e. The Morgan fingerprint density at radius 2 is 1.84 bits per heavy atom. The van der Waals surface area contributed by atoms with Gasteiger partial charge in [0.25, 0.3) is 5.91 Å². The molecule has 9 heteroatoms. The number of aromatic nitrogens is 2. The lowest BCUT2D eigenvalue weighted by molar-refractivity contribution is -0.128. The largest absolute Gasteiger partial charge is 0.497 e. The molecule has 0 radical (unpaired) electrons. The fourth-order valence-corrected chi connectivity index (χ4v) is 3.84. The van der Waals surface area contributed by atoms with E-state index in [1.165, 1.54) is 11.3 Å². The second-order valence-electron chi connectivity index (χ2n) is 7.47. The van der Waals surface area contributed by atoms with E-state index in [0.29, 0.717) is 23.0 Å². The number of nitrogens with zero attached hydrogens (tertiary/aromatic N) is 1. The Morgan fingerprint density at radius 1 is 1.09 bits per heavy atom. The Balaban J connectivity index is 1.47. The molecule has 0 aliphatic rings. The molecule has 0 saturated heterocycles. The SMILES string of the molecule is COc1ccc(OC(C)(C)C(=O)Nc2cccc(-c3csc(-c4noc(=O)[nH]4)c3)c2)cc1. The van der Waals surface area contributed by atoms with Crippen molar-refractivity contribution in [3.8, 4) is 33.3 Å². The van der Waals surface area contributed by atoms with Crippen LogP contribution in [-0.2, 0) is 4.79 Å². The van der Waals surface area contributed by atoms with E-state index in [0.717, 1.165) is 16.0 Å². The molecule has 0 spiro atoms. The van der Waals surface area contributed by atoms with Crippen LogP contribution in [0, 0.1) is 0 Å². The molecule has 0 unspecified atom stereocenters. The molecule has 0 bridgehead atoms. The van der Waals surface area contributed by atoms with Crippen LogP contribution < -0.4 is 20.5 Å². The van der Waals surface area contributed by atoms with Gasteiger partial charge in [0, 0.05) is 5.69 Å². The Kier molecular flexibility index (Phi) is 5.83. The summed E-state index contributed by atoms with van der Waals surface area (Å²) in [7, 11) is 1.59. The van der Waals surface area contributed by atoms with E-state index in [1.54, 1.807) is 45.2 Å². The fraction of sp³-hybridized carbons (Fsp3) is 0.174. The lowest BCUT2D eigenvalue weighted by atomic mass is 10.1. The minimum atomic E-state index is -1.10. The number of carbonyl (C=O) groups excluding carboxylic acids is 1. The van der Waals surface area contributed by atoms with Gasteiger partial charge in [-0.1, -0.05) is 17.3 Å². The highest BCUT2D eigenvalue weighted by Gasteiger charge is 2.30. The topological polar surface area (TPSA) is 106 Å². The highest BCUT2D eigenvalue weighted by atomic mass is 32.1. The van der Waals surface area contributed by atoms with E-state index >= 15 is 0 Å². The van der Waals surface area contributed by atoms with Gasteiger partial charge in [0.1, 0.15) is 11.5 Å². The van der Waals surface area contributed by atoms with Crippen LogP contribution in [0.1, 0.15) is 13.8 Å². The summed E-state index contributed by atoms with van der Waals surface area (Å²) >= 11 is 1.43. The maximum atomic E-state index is 12.9. The van der Waals surface area contributed by atoms with Gasteiger partial charge in [0.2, 0.25) is 0 Å². The molecular formula is C23H21N3O5S. The average Bonchev–Trinajstić information content (AvgIpc) is 3.43. The third kappa shape index (κ3) is 4.73. The van der Waals surface area contributed by atoms with Crippen molar-refractivity contribution >= 4 is 22.9 Å². The molecule has 2 heterocycles. The molecule has 164 valence electrons. The second-order valence-corrected chi connectivity index (χ2v) is 8.38. The molecule has 0 saturated carbocycles. The van der Waals surface area contributed by atoms with Crippen LogP contribution >= 0.6 is 11.3 Å². The normalized spacial score (nSPS) is 11.2. The van der Waals surface area contributed by atoms with E-state index < -0.39 is 11.4 Å². The van der Waals surface area contributed by atoms with Crippen molar-refractivity contribution in [1.29, 1.82) is 0 Å². The van der Waals surface area contributed by atoms with Gasteiger partial charge in [-0.2, -0.15) is 0 Å². The number of methoxy groups -OCH3 is 1. The van der Waals surface area contributed by atoms with Gasteiger partial charge >= 0.3 is 5.76 Å². The Morgan fingerprint density at radius 3 is 2.53 bits per heavy atom. The monoisotopic (exact) mass is 451 g/mol. The number of rotatable bonds is 7. The highest BCUT2D eigenvalue weighted by molar-refractivity contribution is 7.13. The van der Waals surface area contributed by atoms with Crippen LogP contribution in [0.3, 0.4) is 0 Å². The zero-order valence-electron chi connectivity index (χ0n) is 17.7. The van der Waals surface area contributed by atoms with Crippen LogP contribution in [0.25, 0.3) is 21.8 Å². The summed E-state index contributed by atoms with van der Waals surface area (Å²) in [6.07, 6.45) is 0. The van der Waals surface area contributed by atoms with Crippen LogP contribution in [0.15, 0.2) is 69.3 Å². The Labute approximate surface area is 187 Å². The minimum absolute atomic E-state index is 0.281. The first kappa shape index (κ1) is 21.4. The molecule has 4 aromatic rings. The van der Waals surface area contributed by atoms with Crippen molar-refractivity contribution in [3.05, 3.63) is 70.5 Å². The zero-order valence-corrected chi connectivity index (χ0v) is 18.5. The number of benzene rings is 2. The molecule has 1 amide bonds. The maximum absolute atomic E-state index is 12.9. The minimum Gasteiger partial charge on any atom is -0.497 e. The molecule has 32 heavy (non-hydrogen) atoms. The molecule has 0 aliphatic carbocycles. The van der Waals surface area contributed by atoms with Crippen LogP contribution in [0.2, 0.25) is 0 Å². The van der Waals surface area contributed by atoms with Crippen molar-refractivity contribution in [2.75, 3.05) is 12.4 Å². The third-order valence-corrected chi connectivity index (χ3v) is 5.64. The van der Waals surface area contributed by atoms with E-state index in [1.807, 2.05) is 35.7 Å². The van der Waals surface area contributed by atoms with E-state index in [4.69, 9.17) is 9.47 Å². The molecule has 2 aromatic heterocycles. The summed E-state index contributed by atoms with van der Waals surface area (Å²) in [6.45, 7) is 3.42. The molecule has 0 fully saturated rings. The fourth-order valence-electron chi connectivity index (χ4n) is 2.99. The van der Waals surface area contributed by atoms with E-state index in [9.17, 15) is 9.59 Å². The molecule has 8 nitrogen and oxygen atoms in total. The predicted octanol–water partition coefficient (Wildman–Crippen LogP) is 4.56. The molecule has 0 aliphatic heterocycles. The zero-order chi connectivity index (χ0) is 22.7. The number of hydrogen-bond acceptors (Lipinski definition) is 7. The van der Waals surface area contributed by atoms with Gasteiger partial charge < -0.3 is 14.8 Å². The van der Waals surface area contributed by atoms with Crippen molar-refractivity contribution in [2.24, 2.45) is 0 Å². The number of thiophene rings is 1. The Bertz CT molecular complexity index is 1290. The van der Waals surface area contributed by atoms with Crippen molar-refractivity contribution < 1.29 is 18.8 Å². The molecule has 2 aromatic carbocycles. The van der Waals surface area contributed by atoms with Crippen molar-refractivity contribution in [1.82, 2.24) is 10.1 Å². The lowest BCUT2D eigenvalue weighted by Gasteiger charge is -2.25. The average molecular weight is 452 g/mol. The van der Waals surface area contributed by atoms with Gasteiger partial charge in [-0.05, 0) is 72.8 Å². The number of hydrogen-bond donors (Lipinski definition) is 2. The van der Waals surface area contributed by atoms with Crippen molar-refractivity contribution in [3.63, 3.8) is 0 Å². The summed E-state index contributed by atoms with van der Waals surface area (Å²) in [5.74, 6) is 0.781. The summed E-state index contributed by atoms with van der Waals surface area (Å²) in [5, 5.41) is 8.57. The predicted molar refractivity (Wildman–Crippen MR) is 122 cm³/mol. The molecular weight excluding hydrogens is 430 g/mol. The molecule has 0 atom stereocenters. The standard InChI is InChI=1S/C23H21N3O5S/c1-23(2,30-18-9-7-17(29-3)8-10-18)21(27)24-16-6-4-5-14(11-16)15-12-19(32-13-15)20-25-22(28)31-26-20/h4-13H,1-3H3,(H,24,27)(H,25,26,28). The van der Waals surface area contributed by atoms with E-state index in [-0.39, 0.29) is 5.91 Å². The summed E-state index contributed by atoms with van der Waals surface area (Å²) < 4.78 is 15.6. The van der Waals surface area contributed by atoms with Gasteiger partial charge in [0.15, 0.2) is 11.4 Å². The Hall–Kier alpha value is -3.85. The first-order valence-corrected chi connectivity index (χ1v) is 10.6. The summed E-state index contributed by atoms with van der Waals surface area (Å²) in [6, 6.07) is 16.4. The molecule has 2 N–H and O–H groups in total. The summed E-state index contributed by atoms with van der Waals surface area (Å²) in [5.41, 5.74) is 1.38. The van der Waals surface area contributed by atoms with Gasteiger partial charge in [0.05, 0.1) is 12.0 Å². The number of aromatic amines is 1. The molecule has 4 rings (SSSR count).